The maximum atomic E-state index is 13.8. The molecule has 42 heavy (non-hydrogen) atoms. The van der Waals surface area contributed by atoms with E-state index in [-0.39, 0.29) is 36.4 Å². The van der Waals surface area contributed by atoms with Crippen molar-refractivity contribution in [3.05, 3.63) is 30.0 Å². The zero-order chi connectivity index (χ0) is 29.3. The van der Waals surface area contributed by atoms with Gasteiger partial charge >= 0.3 is 0 Å². The second kappa shape index (κ2) is 14.9. The Morgan fingerprint density at radius 3 is 2.36 bits per heavy atom. The van der Waals surface area contributed by atoms with Gasteiger partial charge in [0.25, 0.3) is 5.91 Å². The molecule has 1 aromatic carbocycles. The van der Waals surface area contributed by atoms with Gasteiger partial charge in [-0.25, -0.2) is 0 Å². The van der Waals surface area contributed by atoms with E-state index in [1.54, 1.807) is 14.2 Å². The number of methoxy groups -OCH3 is 2. The molecule has 0 bridgehead atoms. The smallest absolute Gasteiger partial charge is 0.272 e. The Bertz CT molecular complexity index is 1160. The summed E-state index contributed by atoms with van der Waals surface area (Å²) >= 11 is 0. The normalized spacial score (nSPS) is 19.4. The van der Waals surface area contributed by atoms with Gasteiger partial charge in [0.05, 0.1) is 31.5 Å². The summed E-state index contributed by atoms with van der Waals surface area (Å²) in [6.45, 7) is 4.34. The lowest BCUT2D eigenvalue weighted by Gasteiger charge is -2.29. The number of rotatable bonds is 12. The van der Waals surface area contributed by atoms with Crippen molar-refractivity contribution in [1.29, 1.82) is 0 Å². The number of nitrogens with zero attached hydrogens (tertiary/aromatic N) is 3. The Morgan fingerprint density at radius 2 is 1.69 bits per heavy atom. The predicted molar refractivity (Wildman–Crippen MR) is 161 cm³/mol. The quantitative estimate of drug-likeness (QED) is 0.384. The maximum absolute atomic E-state index is 13.8. The molecule has 1 aromatic heterocycles. The van der Waals surface area contributed by atoms with Gasteiger partial charge in [-0.05, 0) is 76.2 Å². The third kappa shape index (κ3) is 7.64. The van der Waals surface area contributed by atoms with E-state index in [9.17, 15) is 9.59 Å². The molecule has 2 aliphatic heterocycles. The number of carbonyl (C=O) groups is 2. The van der Waals surface area contributed by atoms with Crippen molar-refractivity contribution in [2.45, 2.75) is 88.8 Å². The number of ether oxygens (including phenoxy) is 3. The minimum Gasteiger partial charge on any atom is -0.496 e. The Morgan fingerprint density at radius 1 is 1.00 bits per heavy atom. The number of amides is 2. The highest BCUT2D eigenvalue weighted by molar-refractivity contribution is 5.94. The van der Waals surface area contributed by atoms with Crippen LogP contribution >= 0.6 is 0 Å². The molecule has 0 radical (unpaired) electrons. The van der Waals surface area contributed by atoms with Gasteiger partial charge in [-0.2, -0.15) is 5.10 Å². The molecule has 1 atom stereocenters. The fraction of sp³-hybridized carbons (Fsp3) is 0.656. The third-order valence-electron chi connectivity index (χ3n) is 8.92. The summed E-state index contributed by atoms with van der Waals surface area (Å²) in [6, 6.07) is 7.58. The molecule has 1 saturated carbocycles. The molecule has 230 valence electrons. The Kier molecular flexibility index (Phi) is 10.7. The van der Waals surface area contributed by atoms with Crippen LogP contribution in [0.25, 0.3) is 11.3 Å². The van der Waals surface area contributed by atoms with Crippen molar-refractivity contribution in [3.8, 4) is 22.8 Å². The molecule has 3 fully saturated rings. The van der Waals surface area contributed by atoms with E-state index in [1.807, 2.05) is 28.9 Å². The van der Waals surface area contributed by atoms with Crippen molar-refractivity contribution >= 4 is 11.8 Å². The van der Waals surface area contributed by atoms with Gasteiger partial charge in [0.2, 0.25) is 5.91 Å². The second-order valence-corrected chi connectivity index (χ2v) is 11.9. The molecule has 3 aliphatic rings. The average molecular weight is 582 g/mol. The van der Waals surface area contributed by atoms with E-state index in [4.69, 9.17) is 19.3 Å². The van der Waals surface area contributed by atoms with Crippen LogP contribution in [0.15, 0.2) is 24.3 Å². The van der Waals surface area contributed by atoms with Gasteiger partial charge in [0, 0.05) is 38.3 Å². The van der Waals surface area contributed by atoms with Gasteiger partial charge in [-0.15, -0.1) is 0 Å². The van der Waals surface area contributed by atoms with Crippen molar-refractivity contribution in [2.75, 3.05) is 47.1 Å². The van der Waals surface area contributed by atoms with Crippen LogP contribution in [0.2, 0.25) is 0 Å². The van der Waals surface area contributed by atoms with Crippen LogP contribution in [0, 0.1) is 0 Å². The first-order valence-corrected chi connectivity index (χ1v) is 15.8. The van der Waals surface area contributed by atoms with Gasteiger partial charge in [-0.3, -0.25) is 14.3 Å². The molecule has 1 aliphatic carbocycles. The number of piperidine rings is 1. The van der Waals surface area contributed by atoms with Crippen LogP contribution in [0.3, 0.4) is 0 Å². The summed E-state index contributed by atoms with van der Waals surface area (Å²) in [5.74, 6) is 1.06. The summed E-state index contributed by atoms with van der Waals surface area (Å²) in [6.07, 6.45) is 10.6. The summed E-state index contributed by atoms with van der Waals surface area (Å²) < 4.78 is 18.9. The molecule has 0 spiro atoms. The number of hydrogen-bond acceptors (Lipinski definition) is 7. The molecule has 3 heterocycles. The summed E-state index contributed by atoms with van der Waals surface area (Å²) in [7, 11) is 3.28. The third-order valence-corrected chi connectivity index (χ3v) is 8.92. The fourth-order valence-corrected chi connectivity index (χ4v) is 6.58. The molecule has 10 nitrogen and oxygen atoms in total. The summed E-state index contributed by atoms with van der Waals surface area (Å²) in [5.41, 5.74) is 1.94. The number of carbonyl (C=O) groups excluding carboxylic acids is 2. The first kappa shape index (κ1) is 30.4. The molecular formula is C32H47N5O5. The Balaban J connectivity index is 1.36. The minimum absolute atomic E-state index is 0.0261. The first-order valence-electron chi connectivity index (χ1n) is 15.8. The topological polar surface area (TPSA) is 107 Å². The highest BCUT2D eigenvalue weighted by Crippen LogP contribution is 2.41. The molecule has 2 N–H and O–H groups in total. The molecule has 10 heteroatoms. The number of aromatic nitrogens is 2. The highest BCUT2D eigenvalue weighted by atomic mass is 16.5. The molecule has 5 rings (SSSR count). The van der Waals surface area contributed by atoms with Crippen molar-refractivity contribution < 1.29 is 23.8 Å². The van der Waals surface area contributed by atoms with Crippen LogP contribution in [-0.4, -0.2) is 85.6 Å². The first-order chi connectivity index (χ1) is 20.6. The van der Waals surface area contributed by atoms with Crippen molar-refractivity contribution in [3.63, 3.8) is 0 Å². The van der Waals surface area contributed by atoms with E-state index in [1.165, 1.54) is 19.3 Å². The Labute approximate surface area is 249 Å². The lowest BCUT2D eigenvalue weighted by atomic mass is 10.0. The van der Waals surface area contributed by atoms with Gasteiger partial charge in [-0.1, -0.05) is 25.3 Å². The van der Waals surface area contributed by atoms with Crippen LogP contribution in [0.4, 0.5) is 0 Å². The molecule has 0 unspecified atom stereocenters. The van der Waals surface area contributed by atoms with Gasteiger partial charge < -0.3 is 29.7 Å². The SMILES string of the molecule is COc1cccc(OC)c1-c1cc(C(=O)N[C@@H](CCN2CCCCC2)CC(=O)NC2CCOCC2)nn1C1CCCC1. The second-order valence-electron chi connectivity index (χ2n) is 11.9. The van der Waals surface area contributed by atoms with E-state index in [0.717, 1.165) is 69.4 Å². The zero-order valence-corrected chi connectivity index (χ0v) is 25.2. The van der Waals surface area contributed by atoms with Crippen molar-refractivity contribution in [2.24, 2.45) is 0 Å². The lowest BCUT2D eigenvalue weighted by molar-refractivity contribution is -0.122. The number of likely N-dealkylation sites (tertiary alicyclic amines) is 1. The van der Waals surface area contributed by atoms with E-state index >= 15 is 0 Å². The Hall–Kier alpha value is -3.11. The monoisotopic (exact) mass is 581 g/mol. The zero-order valence-electron chi connectivity index (χ0n) is 25.2. The largest absolute Gasteiger partial charge is 0.496 e. The van der Waals surface area contributed by atoms with E-state index in [0.29, 0.717) is 36.8 Å². The van der Waals surface area contributed by atoms with Crippen molar-refractivity contribution in [1.82, 2.24) is 25.3 Å². The molecule has 2 amide bonds. The lowest BCUT2D eigenvalue weighted by Crippen LogP contribution is -2.45. The maximum Gasteiger partial charge on any atom is 0.272 e. The highest BCUT2D eigenvalue weighted by Gasteiger charge is 2.29. The molecule has 2 saturated heterocycles. The molecular weight excluding hydrogens is 534 g/mol. The fourth-order valence-electron chi connectivity index (χ4n) is 6.58. The predicted octanol–water partition coefficient (Wildman–Crippen LogP) is 4.34. The van der Waals surface area contributed by atoms with Crippen LogP contribution < -0.4 is 20.1 Å². The van der Waals surface area contributed by atoms with Gasteiger partial charge in [0.1, 0.15) is 11.5 Å². The minimum atomic E-state index is -0.292. The number of benzene rings is 1. The van der Waals surface area contributed by atoms with E-state index in [2.05, 4.69) is 15.5 Å². The summed E-state index contributed by atoms with van der Waals surface area (Å²) in [5, 5.41) is 11.2. The summed E-state index contributed by atoms with van der Waals surface area (Å²) in [4.78, 5) is 29.3. The molecule has 2 aromatic rings. The van der Waals surface area contributed by atoms with Crippen LogP contribution in [0.5, 0.6) is 11.5 Å². The van der Waals surface area contributed by atoms with Crippen LogP contribution in [0.1, 0.15) is 87.2 Å². The number of hydrogen-bond donors (Lipinski definition) is 2. The average Bonchev–Trinajstić information content (AvgIpc) is 3.71. The standard InChI is InChI=1S/C32H47N5O5/c1-40-28-11-8-12-29(41-2)31(28)27-22-26(35-37(27)25-9-4-5-10-25)32(39)34-24(13-18-36-16-6-3-7-17-36)21-30(38)33-23-14-19-42-20-15-23/h8,11-12,22-25H,3-7,9-10,13-21H2,1-2H3,(H,33,38)(H,34,39)/t24-/m0/s1. The number of nitrogens with one attached hydrogen (secondary N) is 2. The van der Waals surface area contributed by atoms with Crippen LogP contribution in [-0.2, 0) is 9.53 Å². The van der Waals surface area contributed by atoms with E-state index < -0.39 is 0 Å². The van der Waals surface area contributed by atoms with Gasteiger partial charge in [0.15, 0.2) is 5.69 Å².